The van der Waals surface area contributed by atoms with Crippen LogP contribution in [0.25, 0.3) is 0 Å². The van der Waals surface area contributed by atoms with Crippen LogP contribution in [-0.2, 0) is 0 Å². The number of nitrogens with zero attached hydrogens (tertiary/aromatic N) is 1. The second-order valence-corrected chi connectivity index (χ2v) is 4.91. The van der Waals surface area contributed by atoms with Crippen LogP contribution in [-0.4, -0.2) is 10.5 Å². The van der Waals surface area contributed by atoms with Crippen molar-refractivity contribution < 1.29 is 13.2 Å². The predicted octanol–water partition coefficient (Wildman–Crippen LogP) is 3.40. The van der Waals surface area contributed by atoms with Gasteiger partial charge in [-0.05, 0) is 25.7 Å². The third kappa shape index (κ3) is 2.60. The van der Waals surface area contributed by atoms with Gasteiger partial charge in [-0.3, -0.25) is 0 Å². The molecule has 0 heterocycles. The predicted molar refractivity (Wildman–Crippen MR) is 45.3 cm³/mol. The Morgan fingerprint density at radius 1 is 1.31 bits per heavy atom. The number of hydrogen-bond acceptors (Lipinski definition) is 1. The molecule has 0 aromatic rings. The van der Waals surface area contributed by atoms with Crippen molar-refractivity contribution in [3.63, 3.8) is 0 Å². The molecule has 0 spiro atoms. The molecular formula is C8H9BrF3N. The van der Waals surface area contributed by atoms with Gasteiger partial charge < -0.3 is 0 Å². The van der Waals surface area contributed by atoms with Crippen molar-refractivity contribution in [2.75, 3.05) is 0 Å². The first-order chi connectivity index (χ1) is 5.87. The van der Waals surface area contributed by atoms with E-state index in [1.54, 1.807) is 0 Å². The average molecular weight is 256 g/mol. The van der Waals surface area contributed by atoms with Crippen molar-refractivity contribution in [1.29, 1.82) is 5.26 Å². The monoisotopic (exact) mass is 255 g/mol. The Balaban J connectivity index is 2.54. The number of alkyl halides is 4. The third-order valence-corrected chi connectivity index (χ3v) is 3.41. The molecule has 0 amide bonds. The van der Waals surface area contributed by atoms with Gasteiger partial charge in [-0.1, -0.05) is 15.9 Å². The van der Waals surface area contributed by atoms with Gasteiger partial charge in [0.05, 0.1) is 12.0 Å². The van der Waals surface area contributed by atoms with Crippen LogP contribution in [0.3, 0.4) is 0 Å². The van der Waals surface area contributed by atoms with Gasteiger partial charge in [0.15, 0.2) is 0 Å². The number of hydrogen-bond donors (Lipinski definition) is 0. The van der Waals surface area contributed by atoms with E-state index in [1.807, 2.05) is 6.07 Å². The molecule has 0 aromatic heterocycles. The van der Waals surface area contributed by atoms with Crippen LogP contribution in [0.15, 0.2) is 0 Å². The van der Waals surface area contributed by atoms with Crippen molar-refractivity contribution in [1.82, 2.24) is 0 Å². The highest BCUT2D eigenvalue weighted by Gasteiger charge is 2.45. The Morgan fingerprint density at radius 3 is 2.08 bits per heavy atom. The molecule has 1 rings (SSSR count). The molecule has 0 bridgehead atoms. The molecule has 1 aliphatic carbocycles. The molecule has 5 heteroatoms. The zero-order valence-corrected chi connectivity index (χ0v) is 8.45. The number of rotatable bonds is 0. The molecule has 1 saturated carbocycles. The lowest BCUT2D eigenvalue weighted by Crippen LogP contribution is -2.33. The summed E-state index contributed by atoms with van der Waals surface area (Å²) in [6.45, 7) is 0. The fraction of sp³-hybridized carbons (Fsp3) is 0.875. The zero-order chi connectivity index (χ0) is 10.1. The summed E-state index contributed by atoms with van der Waals surface area (Å²) in [4.78, 5) is 0. The summed E-state index contributed by atoms with van der Waals surface area (Å²) >= 11 is 3.16. The summed E-state index contributed by atoms with van der Waals surface area (Å²) in [5, 5.41) is 8.66. The fourth-order valence-electron chi connectivity index (χ4n) is 1.51. The third-order valence-electron chi connectivity index (χ3n) is 2.44. The first-order valence-electron chi connectivity index (χ1n) is 4.04. The van der Waals surface area contributed by atoms with Crippen LogP contribution >= 0.6 is 15.9 Å². The first kappa shape index (κ1) is 10.8. The quantitative estimate of drug-likeness (QED) is 0.609. The van der Waals surface area contributed by atoms with E-state index in [2.05, 4.69) is 15.9 Å². The van der Waals surface area contributed by atoms with Crippen molar-refractivity contribution in [3.05, 3.63) is 0 Å². The highest BCUT2D eigenvalue weighted by atomic mass is 79.9. The number of nitriles is 1. The van der Waals surface area contributed by atoms with Crippen molar-refractivity contribution in [2.24, 2.45) is 5.92 Å². The molecule has 13 heavy (non-hydrogen) atoms. The van der Waals surface area contributed by atoms with E-state index in [0.29, 0.717) is 0 Å². The smallest absolute Gasteiger partial charge is 0.197 e. The highest BCUT2D eigenvalue weighted by molar-refractivity contribution is 9.10. The summed E-state index contributed by atoms with van der Waals surface area (Å²) in [6, 6.07) is 2.00. The van der Waals surface area contributed by atoms with Crippen LogP contribution in [0, 0.1) is 17.2 Å². The van der Waals surface area contributed by atoms with Gasteiger partial charge in [-0.25, -0.2) is 0 Å². The molecular weight excluding hydrogens is 247 g/mol. The van der Waals surface area contributed by atoms with Gasteiger partial charge in [0.1, 0.15) is 4.32 Å². The molecule has 1 nitrogen and oxygen atoms in total. The molecule has 0 unspecified atom stereocenters. The Bertz CT molecular complexity index is 223. The van der Waals surface area contributed by atoms with E-state index in [0.717, 1.165) is 0 Å². The second kappa shape index (κ2) is 3.49. The molecule has 1 aliphatic rings. The van der Waals surface area contributed by atoms with E-state index >= 15 is 0 Å². The Labute approximate surface area is 83.0 Å². The topological polar surface area (TPSA) is 23.8 Å². The van der Waals surface area contributed by atoms with Crippen LogP contribution in [0.2, 0.25) is 0 Å². The van der Waals surface area contributed by atoms with Gasteiger partial charge in [-0.15, -0.1) is 0 Å². The first-order valence-corrected chi connectivity index (χ1v) is 4.83. The lowest BCUT2D eigenvalue weighted by Gasteiger charge is -2.31. The maximum Gasteiger partial charge on any atom is 0.391 e. The van der Waals surface area contributed by atoms with Crippen LogP contribution in [0.5, 0.6) is 0 Å². The van der Waals surface area contributed by atoms with E-state index in [9.17, 15) is 13.2 Å². The highest BCUT2D eigenvalue weighted by Crippen LogP contribution is 2.44. The summed E-state index contributed by atoms with van der Waals surface area (Å²) < 4.78 is 35.9. The van der Waals surface area contributed by atoms with E-state index in [1.165, 1.54) is 0 Å². The normalized spacial score (nSPS) is 35.5. The van der Waals surface area contributed by atoms with E-state index in [4.69, 9.17) is 5.26 Å². The fourth-order valence-corrected chi connectivity index (χ4v) is 1.97. The second-order valence-electron chi connectivity index (χ2n) is 3.39. The van der Waals surface area contributed by atoms with Gasteiger partial charge in [-0.2, -0.15) is 18.4 Å². The van der Waals surface area contributed by atoms with Crippen LogP contribution in [0.1, 0.15) is 25.7 Å². The van der Waals surface area contributed by atoms with Gasteiger partial charge in [0.2, 0.25) is 0 Å². The van der Waals surface area contributed by atoms with Crippen molar-refractivity contribution in [2.45, 2.75) is 36.2 Å². The molecule has 0 atom stereocenters. The Kier molecular flexibility index (Phi) is 2.91. The van der Waals surface area contributed by atoms with Crippen LogP contribution in [0.4, 0.5) is 13.2 Å². The lowest BCUT2D eigenvalue weighted by atomic mass is 9.82. The lowest BCUT2D eigenvalue weighted by molar-refractivity contribution is -0.182. The molecule has 0 saturated heterocycles. The molecule has 74 valence electrons. The minimum absolute atomic E-state index is 0.0578. The summed E-state index contributed by atoms with van der Waals surface area (Å²) in [7, 11) is 0. The van der Waals surface area contributed by atoms with Gasteiger partial charge in [0, 0.05) is 0 Å². The maximum absolute atomic E-state index is 12.2. The molecule has 0 N–H and O–H groups in total. The minimum Gasteiger partial charge on any atom is -0.197 e. The summed E-state index contributed by atoms with van der Waals surface area (Å²) in [5.74, 6) is -1.22. The SMILES string of the molecule is N#CC1(Br)CCC(C(F)(F)F)CC1. The maximum atomic E-state index is 12.2. The van der Waals surface area contributed by atoms with Crippen molar-refractivity contribution >= 4 is 15.9 Å². The number of halogens is 4. The summed E-state index contributed by atoms with van der Waals surface area (Å²) in [5.41, 5.74) is 0. The Hall–Kier alpha value is -0.240. The minimum atomic E-state index is -4.09. The largest absolute Gasteiger partial charge is 0.391 e. The van der Waals surface area contributed by atoms with Gasteiger partial charge in [0.25, 0.3) is 0 Å². The Morgan fingerprint density at radius 2 is 1.77 bits per heavy atom. The summed E-state index contributed by atoms with van der Waals surface area (Å²) in [6.07, 6.45) is -3.41. The molecule has 0 aromatic carbocycles. The molecule has 0 radical (unpaired) electrons. The molecule has 0 aliphatic heterocycles. The van der Waals surface area contributed by atoms with Crippen molar-refractivity contribution in [3.8, 4) is 6.07 Å². The van der Waals surface area contributed by atoms with Crippen LogP contribution < -0.4 is 0 Å². The average Bonchev–Trinajstić information content (AvgIpc) is 2.04. The van der Waals surface area contributed by atoms with Gasteiger partial charge >= 0.3 is 6.18 Å². The van der Waals surface area contributed by atoms with E-state index < -0.39 is 16.4 Å². The standard InChI is InChI=1S/C8H9BrF3N/c9-7(5-13)3-1-6(2-4-7)8(10,11)12/h6H,1-4H2. The zero-order valence-electron chi connectivity index (χ0n) is 6.86. The molecule has 1 fully saturated rings. The van der Waals surface area contributed by atoms with E-state index in [-0.39, 0.29) is 25.7 Å².